The number of halogens is 2. The molecule has 43 heavy (non-hydrogen) atoms. The molecule has 10 heteroatoms. The van der Waals surface area contributed by atoms with Crippen molar-refractivity contribution in [1.29, 1.82) is 0 Å². The minimum Gasteiger partial charge on any atom is -0.478 e. The summed E-state index contributed by atoms with van der Waals surface area (Å²) in [4.78, 5) is 20.9. The number of carboxylic acids is 1. The zero-order valence-electron chi connectivity index (χ0n) is 22.8. The number of carbonyl (C=O) groups is 1. The summed E-state index contributed by atoms with van der Waals surface area (Å²) in [5.41, 5.74) is 4.65. The van der Waals surface area contributed by atoms with E-state index in [0.29, 0.717) is 63.3 Å². The van der Waals surface area contributed by atoms with E-state index in [9.17, 15) is 9.90 Å². The van der Waals surface area contributed by atoms with Crippen molar-refractivity contribution < 1.29 is 28.2 Å². The van der Waals surface area contributed by atoms with Crippen molar-refractivity contribution in [2.45, 2.75) is 32.1 Å². The molecule has 1 N–H and O–H groups in total. The van der Waals surface area contributed by atoms with Crippen LogP contribution in [0.3, 0.4) is 0 Å². The molecule has 0 aliphatic carbocycles. The van der Waals surface area contributed by atoms with Crippen LogP contribution in [0.4, 0.5) is 4.39 Å². The Balaban J connectivity index is 1.12. The fraction of sp³-hybridized carbons (Fsp3) is 0.182. The maximum atomic E-state index is 15.5. The van der Waals surface area contributed by atoms with Crippen LogP contribution in [0.2, 0.25) is 5.02 Å². The molecule has 8 nitrogen and oxygen atoms in total. The van der Waals surface area contributed by atoms with Crippen LogP contribution in [0.5, 0.6) is 5.88 Å². The molecule has 216 valence electrons. The number of imidazole rings is 1. The summed E-state index contributed by atoms with van der Waals surface area (Å²) in [5, 5.41) is 10.9. The number of aromatic carboxylic acids is 1. The number of hydrogen-bond donors (Lipinski definition) is 1. The van der Waals surface area contributed by atoms with Gasteiger partial charge < -0.3 is 23.6 Å². The Bertz CT molecular complexity index is 2000. The van der Waals surface area contributed by atoms with Crippen LogP contribution in [0.25, 0.3) is 33.3 Å². The van der Waals surface area contributed by atoms with E-state index < -0.39 is 11.8 Å². The molecule has 0 saturated carbocycles. The van der Waals surface area contributed by atoms with Crippen molar-refractivity contribution in [1.82, 2.24) is 14.5 Å². The molecule has 1 fully saturated rings. The van der Waals surface area contributed by atoms with Crippen LogP contribution in [0, 0.1) is 5.82 Å². The Labute approximate surface area is 250 Å². The Morgan fingerprint density at radius 1 is 1.07 bits per heavy atom. The summed E-state index contributed by atoms with van der Waals surface area (Å²) in [7, 11) is 0. The highest BCUT2D eigenvalue weighted by molar-refractivity contribution is 6.35. The zero-order chi connectivity index (χ0) is 29.5. The maximum Gasteiger partial charge on any atom is 0.335 e. The number of ether oxygens (including phenoxy) is 2. The first-order chi connectivity index (χ1) is 20.9. The molecule has 0 radical (unpaired) electrons. The molecular formula is C33H25ClFN3O5. The highest BCUT2D eigenvalue weighted by atomic mass is 35.5. The van der Waals surface area contributed by atoms with Gasteiger partial charge in [-0.25, -0.2) is 19.2 Å². The number of hydrogen-bond acceptors (Lipinski definition) is 6. The quantitative estimate of drug-likeness (QED) is 0.187. The van der Waals surface area contributed by atoms with Crippen molar-refractivity contribution in [2.24, 2.45) is 0 Å². The average molecular weight is 598 g/mol. The van der Waals surface area contributed by atoms with Gasteiger partial charge in [0.15, 0.2) is 0 Å². The van der Waals surface area contributed by atoms with Crippen molar-refractivity contribution in [2.75, 3.05) is 6.61 Å². The van der Waals surface area contributed by atoms with E-state index in [0.717, 1.165) is 17.4 Å². The molecule has 6 aromatic rings. The standard InChI is InChI=1S/C33H25ClFN3O5/c34-25-8-6-22(32-24(25)11-13-42-32)18-43-31-3-1-2-27(37-31)20-5-4-19(26(35)14-20)16-30-36-28-9-7-21(33(39)40)15-29(28)38(30)17-23-10-12-41-23/h1-9,11,13-15,23H,10,12,16-18H2,(H,39,40)/t23-/m0/s1. The monoisotopic (exact) mass is 597 g/mol. The second kappa shape index (κ2) is 11.2. The minimum absolute atomic E-state index is 0.0160. The van der Waals surface area contributed by atoms with Gasteiger partial charge in [-0.15, -0.1) is 0 Å². The lowest BCUT2D eigenvalue weighted by Gasteiger charge is -2.27. The first kappa shape index (κ1) is 27.1. The summed E-state index contributed by atoms with van der Waals surface area (Å²) in [6.45, 7) is 1.44. The highest BCUT2D eigenvalue weighted by Gasteiger charge is 2.23. The number of benzene rings is 3. The molecule has 1 saturated heterocycles. The van der Waals surface area contributed by atoms with Gasteiger partial charge in [-0.05, 0) is 54.4 Å². The summed E-state index contributed by atoms with van der Waals surface area (Å²) >= 11 is 6.24. The smallest absolute Gasteiger partial charge is 0.335 e. The lowest BCUT2D eigenvalue weighted by Crippen LogP contribution is -2.31. The Morgan fingerprint density at radius 3 is 2.72 bits per heavy atom. The molecule has 7 rings (SSSR count). The summed E-state index contributed by atoms with van der Waals surface area (Å²) in [6.07, 6.45) is 2.74. The topological polar surface area (TPSA) is 99.6 Å². The zero-order valence-corrected chi connectivity index (χ0v) is 23.6. The summed E-state index contributed by atoms with van der Waals surface area (Å²) in [5.74, 6) is -0.372. The van der Waals surface area contributed by atoms with Crippen LogP contribution in [-0.4, -0.2) is 38.3 Å². The van der Waals surface area contributed by atoms with Crippen LogP contribution in [0.15, 0.2) is 83.5 Å². The lowest BCUT2D eigenvalue weighted by molar-refractivity contribution is -0.0589. The van der Waals surface area contributed by atoms with E-state index >= 15 is 4.39 Å². The fourth-order valence-corrected chi connectivity index (χ4v) is 5.52. The predicted octanol–water partition coefficient (Wildman–Crippen LogP) is 7.29. The van der Waals surface area contributed by atoms with Gasteiger partial charge in [-0.1, -0.05) is 35.9 Å². The molecule has 1 atom stereocenters. The maximum absolute atomic E-state index is 15.5. The largest absolute Gasteiger partial charge is 0.478 e. The highest BCUT2D eigenvalue weighted by Crippen LogP contribution is 2.30. The van der Waals surface area contributed by atoms with Crippen molar-refractivity contribution in [3.05, 3.63) is 112 Å². The van der Waals surface area contributed by atoms with E-state index in [-0.39, 0.29) is 24.7 Å². The van der Waals surface area contributed by atoms with Gasteiger partial charge >= 0.3 is 5.97 Å². The van der Waals surface area contributed by atoms with Gasteiger partial charge in [0, 0.05) is 35.6 Å². The van der Waals surface area contributed by atoms with E-state index in [4.69, 9.17) is 30.5 Å². The lowest BCUT2D eigenvalue weighted by atomic mass is 10.1. The van der Waals surface area contributed by atoms with Crippen LogP contribution in [-0.2, 0) is 24.3 Å². The van der Waals surface area contributed by atoms with E-state index in [2.05, 4.69) is 4.98 Å². The number of furan rings is 1. The third-order valence-corrected chi connectivity index (χ3v) is 8.02. The molecule has 1 aliphatic heterocycles. The van der Waals surface area contributed by atoms with Crippen molar-refractivity contribution >= 4 is 39.6 Å². The molecule has 1 aliphatic rings. The fourth-order valence-electron chi connectivity index (χ4n) is 5.30. The van der Waals surface area contributed by atoms with Gasteiger partial charge in [0.25, 0.3) is 0 Å². The molecular weight excluding hydrogens is 573 g/mol. The number of carboxylic acid groups (broad SMARTS) is 1. The third kappa shape index (κ3) is 5.33. The van der Waals surface area contributed by atoms with Gasteiger partial charge in [0.05, 0.1) is 46.2 Å². The minimum atomic E-state index is -1.01. The van der Waals surface area contributed by atoms with Gasteiger partial charge in [-0.3, -0.25) is 0 Å². The predicted molar refractivity (Wildman–Crippen MR) is 159 cm³/mol. The second-order valence-corrected chi connectivity index (χ2v) is 10.8. The molecule has 3 aromatic heterocycles. The molecule has 3 aromatic carbocycles. The van der Waals surface area contributed by atoms with Crippen molar-refractivity contribution in [3.63, 3.8) is 0 Å². The molecule has 0 spiro atoms. The molecule has 0 bridgehead atoms. The van der Waals surface area contributed by atoms with Crippen molar-refractivity contribution in [3.8, 4) is 17.1 Å². The van der Waals surface area contributed by atoms with Crippen LogP contribution < -0.4 is 4.74 Å². The molecule has 4 heterocycles. The summed E-state index contributed by atoms with van der Waals surface area (Å²) in [6, 6.07) is 20.6. The van der Waals surface area contributed by atoms with E-state index in [1.165, 1.54) is 12.1 Å². The van der Waals surface area contributed by atoms with Gasteiger partial charge in [0.2, 0.25) is 5.88 Å². The third-order valence-electron chi connectivity index (χ3n) is 7.70. The van der Waals surface area contributed by atoms with Gasteiger partial charge in [-0.2, -0.15) is 0 Å². The number of pyridine rings is 1. The summed E-state index contributed by atoms with van der Waals surface area (Å²) < 4.78 is 34.6. The number of fused-ring (bicyclic) bond motifs is 2. The Kier molecular flexibility index (Phi) is 7.04. The van der Waals surface area contributed by atoms with E-state index in [1.807, 2.05) is 28.8 Å². The van der Waals surface area contributed by atoms with Gasteiger partial charge in [0.1, 0.15) is 23.8 Å². The number of rotatable bonds is 9. The Morgan fingerprint density at radius 2 is 1.93 bits per heavy atom. The van der Waals surface area contributed by atoms with E-state index in [1.54, 1.807) is 42.7 Å². The first-order valence-electron chi connectivity index (χ1n) is 13.8. The Hall–Kier alpha value is -4.73. The van der Waals surface area contributed by atoms with Crippen LogP contribution in [0.1, 0.15) is 33.7 Å². The SMILES string of the molecule is O=C(O)c1ccc2nc(Cc3ccc(-c4cccc(OCc5ccc(Cl)c6ccoc56)n4)cc3F)n(C[C@@H]3CCO3)c2c1. The van der Waals surface area contributed by atoms with Crippen LogP contribution >= 0.6 is 11.6 Å². The average Bonchev–Trinajstić information content (AvgIpc) is 3.61. The molecule has 0 unspecified atom stereocenters. The normalized spacial score (nSPS) is 14.7. The number of nitrogens with zero attached hydrogens (tertiary/aromatic N) is 3. The molecule has 0 amide bonds. The number of aromatic nitrogens is 3. The first-order valence-corrected chi connectivity index (χ1v) is 14.2. The second-order valence-electron chi connectivity index (χ2n) is 10.4.